The van der Waals surface area contributed by atoms with Gasteiger partial charge in [-0.15, -0.1) is 0 Å². The number of nitrogens with one attached hydrogen (secondary N) is 3. The van der Waals surface area contributed by atoms with Crippen molar-refractivity contribution in [1.29, 1.82) is 0 Å². The van der Waals surface area contributed by atoms with Crippen molar-refractivity contribution in [1.82, 2.24) is 10.2 Å². The molecule has 1 fully saturated rings. The Hall–Kier alpha value is -4.50. The molecule has 0 bridgehead atoms. The van der Waals surface area contributed by atoms with Crippen LogP contribution in [0.2, 0.25) is 0 Å². The Labute approximate surface area is 238 Å². The van der Waals surface area contributed by atoms with Crippen molar-refractivity contribution in [2.45, 2.75) is 25.9 Å². The third kappa shape index (κ3) is 6.30. The molecule has 3 N–H and O–H groups in total. The molecule has 0 atom stereocenters. The van der Waals surface area contributed by atoms with Crippen LogP contribution >= 0.6 is 0 Å². The summed E-state index contributed by atoms with van der Waals surface area (Å²) >= 11 is 0. The standard InChI is InChI=1S/C32H33FN4O4/c1-20-18-26-27(19-25(20)32(40)41-2)36-31(39)28(26)29(21-6-4-3-5-7-21)35-24-10-8-22(9-11-24)30(38)34-14-17-37-15-12-23(33)13-16-37/h3-11,18-19,23,35H,12-17H2,1-2H3,(H,34,38)(H,36,39)/b29-28-. The van der Waals surface area contributed by atoms with E-state index in [1.807, 2.05) is 36.4 Å². The minimum absolute atomic E-state index is 0.181. The summed E-state index contributed by atoms with van der Waals surface area (Å²) in [6.45, 7) is 4.41. The first-order chi connectivity index (χ1) is 19.8. The van der Waals surface area contributed by atoms with Crippen molar-refractivity contribution in [3.8, 4) is 0 Å². The first-order valence-corrected chi connectivity index (χ1v) is 13.7. The second-order valence-corrected chi connectivity index (χ2v) is 10.2. The lowest BCUT2D eigenvalue weighted by molar-refractivity contribution is -0.110. The van der Waals surface area contributed by atoms with Crippen molar-refractivity contribution in [2.24, 2.45) is 0 Å². The summed E-state index contributed by atoms with van der Waals surface area (Å²) in [5, 5.41) is 9.21. The van der Waals surface area contributed by atoms with Gasteiger partial charge in [0.25, 0.3) is 11.8 Å². The summed E-state index contributed by atoms with van der Waals surface area (Å²) < 4.78 is 18.2. The van der Waals surface area contributed by atoms with Crippen LogP contribution in [0.15, 0.2) is 66.7 Å². The number of hydrogen-bond acceptors (Lipinski definition) is 6. The fraction of sp³-hybridized carbons (Fsp3) is 0.281. The quantitative estimate of drug-likeness (QED) is 0.270. The Morgan fingerprint density at radius 1 is 1.02 bits per heavy atom. The van der Waals surface area contributed by atoms with Gasteiger partial charge in [-0.3, -0.25) is 9.59 Å². The average molecular weight is 557 g/mol. The van der Waals surface area contributed by atoms with Gasteiger partial charge in [0.2, 0.25) is 0 Å². The minimum atomic E-state index is -0.715. The first kappa shape index (κ1) is 28.0. The zero-order valence-electron chi connectivity index (χ0n) is 23.1. The van der Waals surface area contributed by atoms with E-state index < -0.39 is 12.1 Å². The molecule has 0 aromatic heterocycles. The van der Waals surface area contributed by atoms with Gasteiger partial charge in [-0.2, -0.15) is 0 Å². The molecule has 3 aromatic carbocycles. The van der Waals surface area contributed by atoms with Crippen LogP contribution in [0.3, 0.4) is 0 Å². The highest BCUT2D eigenvalue weighted by molar-refractivity contribution is 6.37. The zero-order chi connectivity index (χ0) is 28.9. The van der Waals surface area contributed by atoms with E-state index in [2.05, 4.69) is 20.9 Å². The number of likely N-dealkylation sites (tertiary alicyclic amines) is 1. The number of halogens is 1. The summed E-state index contributed by atoms with van der Waals surface area (Å²) in [4.78, 5) is 40.4. The van der Waals surface area contributed by atoms with E-state index in [0.29, 0.717) is 83.9 Å². The topological polar surface area (TPSA) is 99.8 Å². The molecule has 0 aliphatic carbocycles. The highest BCUT2D eigenvalue weighted by atomic mass is 19.1. The van der Waals surface area contributed by atoms with Crippen LogP contribution in [0.1, 0.15) is 50.2 Å². The Kier molecular flexibility index (Phi) is 8.45. The van der Waals surface area contributed by atoms with Crippen molar-refractivity contribution in [3.05, 3.63) is 94.5 Å². The number of esters is 1. The molecule has 9 heteroatoms. The van der Waals surface area contributed by atoms with E-state index in [-0.39, 0.29) is 11.8 Å². The molecule has 2 heterocycles. The normalized spacial score (nSPS) is 16.5. The maximum absolute atomic E-state index is 13.3. The fourth-order valence-corrected chi connectivity index (χ4v) is 5.19. The van der Waals surface area contributed by atoms with Crippen LogP contribution in [0.5, 0.6) is 0 Å². The maximum Gasteiger partial charge on any atom is 0.338 e. The number of anilines is 2. The molecule has 2 amide bonds. The number of amides is 2. The van der Waals surface area contributed by atoms with Crippen LogP contribution in [0.25, 0.3) is 11.3 Å². The van der Waals surface area contributed by atoms with Crippen molar-refractivity contribution < 1.29 is 23.5 Å². The summed E-state index contributed by atoms with van der Waals surface area (Å²) in [5.41, 5.74) is 5.36. The molecule has 0 unspecified atom stereocenters. The zero-order valence-corrected chi connectivity index (χ0v) is 23.1. The predicted molar refractivity (Wildman–Crippen MR) is 157 cm³/mol. The van der Waals surface area contributed by atoms with Gasteiger partial charge in [0.05, 0.1) is 29.6 Å². The van der Waals surface area contributed by atoms with Crippen LogP contribution in [-0.2, 0) is 9.53 Å². The molecule has 3 aromatic rings. The van der Waals surface area contributed by atoms with Gasteiger partial charge in [-0.1, -0.05) is 30.3 Å². The Morgan fingerprint density at radius 2 is 1.73 bits per heavy atom. The molecule has 8 nitrogen and oxygen atoms in total. The van der Waals surface area contributed by atoms with E-state index in [9.17, 15) is 18.8 Å². The second-order valence-electron chi connectivity index (χ2n) is 10.2. The number of fused-ring (bicyclic) bond motifs is 1. The van der Waals surface area contributed by atoms with Gasteiger partial charge in [0.15, 0.2) is 0 Å². The van der Waals surface area contributed by atoms with Crippen LogP contribution in [0, 0.1) is 6.92 Å². The smallest absolute Gasteiger partial charge is 0.338 e. The second kappa shape index (κ2) is 12.3. The number of methoxy groups -OCH3 is 1. The Bertz CT molecular complexity index is 1480. The lowest BCUT2D eigenvalue weighted by atomic mass is 9.96. The van der Waals surface area contributed by atoms with E-state index in [1.165, 1.54) is 7.11 Å². The first-order valence-electron chi connectivity index (χ1n) is 13.7. The average Bonchev–Trinajstić information content (AvgIpc) is 3.30. The number of carbonyl (C=O) groups is 3. The molecular weight excluding hydrogens is 523 g/mol. The molecule has 2 aliphatic rings. The largest absolute Gasteiger partial charge is 0.465 e. The SMILES string of the molecule is COC(=O)c1cc2c(cc1C)/C(=C(/Nc1ccc(C(=O)NCCN3CCC(F)CC3)cc1)c1ccccc1)C(=O)N2. The highest BCUT2D eigenvalue weighted by Gasteiger charge is 2.30. The number of rotatable bonds is 8. The molecule has 212 valence electrons. The molecule has 0 spiro atoms. The summed E-state index contributed by atoms with van der Waals surface area (Å²) in [6.07, 6.45) is 0.378. The van der Waals surface area contributed by atoms with Crippen LogP contribution in [0.4, 0.5) is 15.8 Å². The summed E-state index contributed by atoms with van der Waals surface area (Å²) in [5.74, 6) is -0.942. The van der Waals surface area contributed by atoms with Crippen molar-refractivity contribution >= 4 is 40.4 Å². The number of hydrogen-bond donors (Lipinski definition) is 3. The third-order valence-electron chi connectivity index (χ3n) is 7.47. The molecule has 0 radical (unpaired) electrons. The van der Waals surface area contributed by atoms with Gasteiger partial charge in [0.1, 0.15) is 6.17 Å². The van der Waals surface area contributed by atoms with Crippen molar-refractivity contribution in [3.63, 3.8) is 0 Å². The molecule has 1 saturated heterocycles. The molecule has 0 saturated carbocycles. The summed E-state index contributed by atoms with van der Waals surface area (Å²) in [7, 11) is 1.32. The number of aryl methyl sites for hydroxylation is 1. The van der Waals surface area contributed by atoms with E-state index in [0.717, 1.165) is 5.56 Å². The van der Waals surface area contributed by atoms with Gasteiger partial charge in [-0.05, 0) is 67.3 Å². The van der Waals surface area contributed by atoms with E-state index in [1.54, 1.807) is 37.3 Å². The number of nitrogens with zero attached hydrogens (tertiary/aromatic N) is 1. The van der Waals surface area contributed by atoms with Gasteiger partial charge in [-0.25, -0.2) is 9.18 Å². The molecule has 41 heavy (non-hydrogen) atoms. The van der Waals surface area contributed by atoms with Crippen LogP contribution < -0.4 is 16.0 Å². The fourth-order valence-electron chi connectivity index (χ4n) is 5.19. The molecular formula is C32H33FN4O4. The number of ether oxygens (including phenoxy) is 1. The summed E-state index contributed by atoms with van der Waals surface area (Å²) in [6, 6.07) is 20.0. The minimum Gasteiger partial charge on any atom is -0.465 e. The van der Waals surface area contributed by atoms with Crippen molar-refractivity contribution in [2.75, 3.05) is 43.9 Å². The predicted octanol–water partition coefficient (Wildman–Crippen LogP) is 4.88. The number of benzene rings is 3. The Balaban J connectivity index is 1.36. The van der Waals surface area contributed by atoms with Gasteiger partial charge < -0.3 is 25.6 Å². The van der Waals surface area contributed by atoms with Gasteiger partial charge >= 0.3 is 5.97 Å². The molecule has 5 rings (SSSR count). The number of carbonyl (C=O) groups excluding carboxylic acids is 3. The van der Waals surface area contributed by atoms with Gasteiger partial charge in [0, 0.05) is 43.0 Å². The maximum atomic E-state index is 13.3. The highest BCUT2D eigenvalue weighted by Crippen LogP contribution is 2.39. The molecule has 2 aliphatic heterocycles. The van der Waals surface area contributed by atoms with E-state index >= 15 is 0 Å². The lowest BCUT2D eigenvalue weighted by Crippen LogP contribution is -2.40. The Morgan fingerprint density at radius 3 is 2.41 bits per heavy atom. The third-order valence-corrected chi connectivity index (χ3v) is 7.47. The number of alkyl halides is 1. The monoisotopic (exact) mass is 556 g/mol. The van der Waals surface area contributed by atoms with E-state index in [4.69, 9.17) is 4.74 Å². The van der Waals surface area contributed by atoms with Crippen LogP contribution in [-0.4, -0.2) is 62.1 Å². The lowest BCUT2D eigenvalue weighted by Gasteiger charge is -2.28. The number of piperidine rings is 1.